The lowest BCUT2D eigenvalue weighted by Crippen LogP contribution is -2.58. The van der Waals surface area contributed by atoms with Crippen LogP contribution in [0.2, 0.25) is 0 Å². The van der Waals surface area contributed by atoms with Crippen LogP contribution in [-0.4, -0.2) is 64.3 Å². The van der Waals surface area contributed by atoms with Crippen LogP contribution in [0.15, 0.2) is 72.8 Å². The molecule has 10 heteroatoms. The highest BCUT2D eigenvalue weighted by atomic mass is 16.3. The van der Waals surface area contributed by atoms with Crippen molar-refractivity contribution in [3.8, 4) is 5.75 Å². The molecule has 1 saturated heterocycles. The van der Waals surface area contributed by atoms with Crippen molar-refractivity contribution in [1.82, 2.24) is 15.5 Å². The Balaban J connectivity index is 1.49. The maximum atomic E-state index is 13.7. The first kappa shape index (κ1) is 33.2. The zero-order chi connectivity index (χ0) is 32.5. The van der Waals surface area contributed by atoms with Crippen LogP contribution >= 0.6 is 0 Å². The summed E-state index contributed by atoms with van der Waals surface area (Å²) in [4.78, 5) is 54.7. The Morgan fingerprint density at radius 2 is 1.51 bits per heavy atom. The molecule has 4 atom stereocenters. The van der Waals surface area contributed by atoms with E-state index in [-0.39, 0.29) is 30.9 Å². The highest BCUT2D eigenvalue weighted by molar-refractivity contribution is 5.95. The molecular weight excluding hydrogens is 570 g/mol. The van der Waals surface area contributed by atoms with Gasteiger partial charge in [0.15, 0.2) is 0 Å². The van der Waals surface area contributed by atoms with Gasteiger partial charge in [-0.1, -0.05) is 67.6 Å². The van der Waals surface area contributed by atoms with Crippen molar-refractivity contribution in [2.24, 2.45) is 11.5 Å². The van der Waals surface area contributed by atoms with Crippen molar-refractivity contribution in [2.75, 3.05) is 6.54 Å². The quantitative estimate of drug-likeness (QED) is 0.198. The molecule has 45 heavy (non-hydrogen) atoms. The van der Waals surface area contributed by atoms with Crippen LogP contribution in [0.1, 0.15) is 47.6 Å². The van der Waals surface area contributed by atoms with Gasteiger partial charge in [0.25, 0.3) is 0 Å². The van der Waals surface area contributed by atoms with E-state index in [1.165, 1.54) is 4.90 Å². The average Bonchev–Trinajstić information content (AvgIpc) is 3.52. The predicted molar refractivity (Wildman–Crippen MR) is 172 cm³/mol. The Kier molecular flexibility index (Phi) is 11.3. The smallest absolute Gasteiger partial charge is 0.243 e. The van der Waals surface area contributed by atoms with E-state index >= 15 is 0 Å². The Morgan fingerprint density at radius 3 is 2.09 bits per heavy atom. The number of phenols is 1. The molecule has 1 heterocycles. The van der Waals surface area contributed by atoms with Gasteiger partial charge in [-0.15, -0.1) is 0 Å². The number of primary amides is 1. The summed E-state index contributed by atoms with van der Waals surface area (Å²) in [5.74, 6) is -1.87. The molecule has 4 rings (SSSR count). The van der Waals surface area contributed by atoms with E-state index in [1.807, 2.05) is 74.5 Å². The molecule has 7 N–H and O–H groups in total. The van der Waals surface area contributed by atoms with Gasteiger partial charge in [-0.25, -0.2) is 0 Å². The Labute approximate surface area is 264 Å². The lowest BCUT2D eigenvalue weighted by atomic mass is 9.93. The molecular formula is C35H43N5O5. The van der Waals surface area contributed by atoms with Crippen molar-refractivity contribution in [2.45, 2.75) is 76.5 Å². The number of likely N-dealkylation sites (tertiary alicyclic amines) is 1. The van der Waals surface area contributed by atoms with Crippen LogP contribution in [0, 0.1) is 6.92 Å². The molecule has 1 aliphatic rings. The summed E-state index contributed by atoms with van der Waals surface area (Å²) in [5.41, 5.74) is 16.4. The molecule has 3 aromatic rings. The number of carbonyl (C=O) groups excluding carboxylic acids is 4. The number of nitrogens with one attached hydrogen (secondary N) is 2. The summed E-state index contributed by atoms with van der Waals surface area (Å²) in [7, 11) is 0. The highest BCUT2D eigenvalue weighted by Gasteiger charge is 2.38. The number of phenolic OH excluding ortho intramolecular Hbond substituents is 1. The zero-order valence-electron chi connectivity index (χ0n) is 25.9. The third-order valence-electron chi connectivity index (χ3n) is 8.37. The number of nitrogens with zero attached hydrogens (tertiary/aromatic N) is 1. The lowest BCUT2D eigenvalue weighted by Gasteiger charge is -2.29. The van der Waals surface area contributed by atoms with Crippen LogP contribution in [0.5, 0.6) is 5.75 Å². The Bertz CT molecular complexity index is 1500. The van der Waals surface area contributed by atoms with Gasteiger partial charge in [0.05, 0.1) is 6.04 Å². The summed E-state index contributed by atoms with van der Waals surface area (Å²) in [6.07, 6.45) is 2.37. The summed E-state index contributed by atoms with van der Waals surface area (Å²) in [5, 5.41) is 15.6. The van der Waals surface area contributed by atoms with E-state index < -0.39 is 41.9 Å². The second kappa shape index (κ2) is 15.3. The van der Waals surface area contributed by atoms with Gasteiger partial charge < -0.3 is 32.1 Å². The number of aromatic hydroxyl groups is 1. The van der Waals surface area contributed by atoms with Crippen molar-refractivity contribution < 1.29 is 24.3 Å². The van der Waals surface area contributed by atoms with E-state index in [0.717, 1.165) is 27.8 Å². The molecule has 0 aliphatic carbocycles. The largest absolute Gasteiger partial charge is 0.508 e. The van der Waals surface area contributed by atoms with E-state index in [0.29, 0.717) is 25.8 Å². The van der Waals surface area contributed by atoms with E-state index in [4.69, 9.17) is 11.5 Å². The van der Waals surface area contributed by atoms with Crippen LogP contribution in [0.3, 0.4) is 0 Å². The minimum atomic E-state index is -1.02. The Hall–Kier alpha value is -4.70. The van der Waals surface area contributed by atoms with Crippen LogP contribution in [0.4, 0.5) is 0 Å². The third-order valence-corrected chi connectivity index (χ3v) is 8.37. The molecule has 0 aromatic heterocycles. The van der Waals surface area contributed by atoms with Crippen LogP contribution < -0.4 is 22.1 Å². The average molecular weight is 614 g/mol. The van der Waals surface area contributed by atoms with Gasteiger partial charge in [0.1, 0.15) is 23.9 Å². The molecule has 238 valence electrons. The summed E-state index contributed by atoms with van der Waals surface area (Å²) in [6, 6.07) is 18.1. The summed E-state index contributed by atoms with van der Waals surface area (Å²) >= 11 is 0. The number of rotatable bonds is 13. The summed E-state index contributed by atoms with van der Waals surface area (Å²) < 4.78 is 0. The first-order valence-electron chi connectivity index (χ1n) is 15.4. The van der Waals surface area contributed by atoms with Crippen molar-refractivity contribution in [3.63, 3.8) is 0 Å². The molecule has 0 unspecified atom stereocenters. The molecule has 0 saturated carbocycles. The topological polar surface area (TPSA) is 168 Å². The maximum Gasteiger partial charge on any atom is 0.243 e. The summed E-state index contributed by atoms with van der Waals surface area (Å²) in [6.45, 7) is 4.22. The number of nitrogens with two attached hydrogens (primary N) is 2. The molecule has 0 bridgehead atoms. The maximum absolute atomic E-state index is 13.7. The van der Waals surface area contributed by atoms with E-state index in [1.54, 1.807) is 12.1 Å². The van der Waals surface area contributed by atoms with E-state index in [2.05, 4.69) is 10.6 Å². The number of hydrogen-bond acceptors (Lipinski definition) is 6. The minimum Gasteiger partial charge on any atom is -0.508 e. The second-order valence-electron chi connectivity index (χ2n) is 11.7. The molecule has 4 amide bonds. The first-order chi connectivity index (χ1) is 21.6. The fourth-order valence-corrected chi connectivity index (χ4v) is 5.97. The molecule has 10 nitrogen and oxygen atoms in total. The predicted octanol–water partition coefficient (Wildman–Crippen LogP) is 2.06. The number of carbonyl (C=O) groups is 4. The number of aryl methyl sites for hydroxylation is 2. The van der Waals surface area contributed by atoms with Gasteiger partial charge in [0.2, 0.25) is 23.6 Å². The first-order valence-corrected chi connectivity index (χ1v) is 15.4. The van der Waals surface area contributed by atoms with Gasteiger partial charge in [0, 0.05) is 19.4 Å². The van der Waals surface area contributed by atoms with Gasteiger partial charge in [-0.05, 0) is 72.6 Å². The third kappa shape index (κ3) is 8.69. The Morgan fingerprint density at radius 1 is 0.911 bits per heavy atom. The number of hydrogen-bond donors (Lipinski definition) is 5. The zero-order valence-corrected chi connectivity index (χ0v) is 25.9. The molecule has 1 aliphatic heterocycles. The second-order valence-corrected chi connectivity index (χ2v) is 11.7. The van der Waals surface area contributed by atoms with E-state index in [9.17, 15) is 24.3 Å². The van der Waals surface area contributed by atoms with Crippen LogP contribution in [-0.2, 0) is 44.9 Å². The fourth-order valence-electron chi connectivity index (χ4n) is 5.97. The van der Waals surface area contributed by atoms with Crippen molar-refractivity contribution >= 4 is 23.6 Å². The lowest BCUT2D eigenvalue weighted by molar-refractivity contribution is -0.140. The standard InChI is InChI=1S/C35H43N5O5/c1-3-25-20-26(41)17-22(2)27(25)21-28(36)35(45)40-16-10-15-31(40)34(44)39-30(19-24-13-8-5-9-14-24)33(43)38-29(32(37)42)18-23-11-6-4-7-12-23/h4-9,11-14,17,20,28-31,41H,3,10,15-16,18-19,21,36H2,1-2H3,(H2,37,42)(H,38,43)(H,39,44)/t28-,29-,30-,31-/m0/s1. The molecule has 3 aromatic carbocycles. The normalized spacial score (nSPS) is 16.4. The minimum absolute atomic E-state index is 0.167. The molecule has 1 fully saturated rings. The number of benzene rings is 3. The SMILES string of the molecule is CCc1cc(O)cc(C)c1C[C@H](N)C(=O)N1CCC[C@H]1C(=O)N[C@@H](Cc1ccccc1)C(=O)N[C@@H](Cc1ccccc1)C(N)=O. The van der Waals surface area contributed by atoms with Gasteiger partial charge in [-0.3, -0.25) is 19.2 Å². The van der Waals surface area contributed by atoms with Crippen molar-refractivity contribution in [3.05, 3.63) is 101 Å². The van der Waals surface area contributed by atoms with Gasteiger partial charge in [-0.2, -0.15) is 0 Å². The molecule has 0 spiro atoms. The highest BCUT2D eigenvalue weighted by Crippen LogP contribution is 2.25. The molecule has 0 radical (unpaired) electrons. The monoisotopic (exact) mass is 613 g/mol. The number of amides is 4. The van der Waals surface area contributed by atoms with Gasteiger partial charge >= 0.3 is 0 Å². The fraction of sp³-hybridized carbons (Fsp3) is 0.371. The van der Waals surface area contributed by atoms with Crippen molar-refractivity contribution in [1.29, 1.82) is 0 Å². The van der Waals surface area contributed by atoms with Crippen LogP contribution in [0.25, 0.3) is 0 Å².